The number of rotatable bonds is 4. The first-order valence-corrected chi connectivity index (χ1v) is 6.28. The maximum atomic E-state index is 13.7. The van der Waals surface area contributed by atoms with Gasteiger partial charge in [-0.25, -0.2) is 4.39 Å². The van der Waals surface area contributed by atoms with Gasteiger partial charge >= 0.3 is 0 Å². The second kappa shape index (κ2) is 5.77. The average molecular weight is 276 g/mol. The summed E-state index contributed by atoms with van der Waals surface area (Å²) >= 11 is 0. The Morgan fingerprint density at radius 3 is 2.70 bits per heavy atom. The maximum absolute atomic E-state index is 13.7. The Hall–Kier alpha value is -2.30. The fourth-order valence-electron chi connectivity index (χ4n) is 2.12. The molecule has 0 saturated heterocycles. The average Bonchev–Trinajstić information content (AvgIpc) is 2.39. The highest BCUT2D eigenvalue weighted by Gasteiger charge is 2.07. The summed E-state index contributed by atoms with van der Waals surface area (Å²) in [6.45, 7) is 3.96. The summed E-state index contributed by atoms with van der Waals surface area (Å²) in [4.78, 5) is 14.0. The van der Waals surface area contributed by atoms with E-state index in [9.17, 15) is 9.18 Å². The van der Waals surface area contributed by atoms with Gasteiger partial charge in [0.25, 0.3) is 0 Å². The molecule has 2 N–H and O–H groups in total. The summed E-state index contributed by atoms with van der Waals surface area (Å²) in [5.74, 6) is 0.316. The number of methoxy groups -OCH3 is 1. The number of pyridine rings is 1. The van der Waals surface area contributed by atoms with Crippen LogP contribution in [-0.4, -0.2) is 12.1 Å². The Balaban J connectivity index is 2.23. The standard InChI is InChI=1S/C15H17FN2O2/c1-9-6-14(19)18-10(2)15(9)17-8-11-7-12(20-3)4-5-13(11)16/h4-7,17H,8H2,1-3H3,(H,18,19). The molecule has 0 bridgehead atoms. The molecule has 1 aromatic carbocycles. The molecule has 1 aromatic heterocycles. The molecule has 5 heteroatoms. The maximum Gasteiger partial charge on any atom is 0.248 e. The van der Waals surface area contributed by atoms with Crippen LogP contribution in [0.25, 0.3) is 0 Å². The lowest BCUT2D eigenvalue weighted by molar-refractivity contribution is 0.413. The van der Waals surface area contributed by atoms with Crippen molar-refractivity contribution in [2.75, 3.05) is 12.4 Å². The predicted octanol–water partition coefficient (Wildman–Crippen LogP) is 2.75. The van der Waals surface area contributed by atoms with E-state index in [4.69, 9.17) is 4.74 Å². The minimum atomic E-state index is -0.293. The first kappa shape index (κ1) is 14.1. The number of aromatic amines is 1. The molecule has 4 nitrogen and oxygen atoms in total. The normalized spacial score (nSPS) is 10.4. The number of nitrogens with one attached hydrogen (secondary N) is 2. The number of hydrogen-bond donors (Lipinski definition) is 2. The van der Waals surface area contributed by atoms with Gasteiger partial charge in [-0.1, -0.05) is 0 Å². The molecule has 2 aromatic rings. The van der Waals surface area contributed by atoms with Crippen molar-refractivity contribution < 1.29 is 9.13 Å². The largest absolute Gasteiger partial charge is 0.497 e. The van der Waals surface area contributed by atoms with Crippen LogP contribution in [0, 0.1) is 19.7 Å². The van der Waals surface area contributed by atoms with Gasteiger partial charge in [-0.15, -0.1) is 0 Å². The van der Waals surface area contributed by atoms with Gasteiger partial charge in [0, 0.05) is 23.9 Å². The van der Waals surface area contributed by atoms with E-state index in [0.29, 0.717) is 17.9 Å². The van der Waals surface area contributed by atoms with Crippen molar-refractivity contribution in [2.24, 2.45) is 0 Å². The number of hydrogen-bond acceptors (Lipinski definition) is 3. The van der Waals surface area contributed by atoms with E-state index in [2.05, 4.69) is 10.3 Å². The topological polar surface area (TPSA) is 54.1 Å². The molecule has 0 aliphatic carbocycles. The van der Waals surface area contributed by atoms with Gasteiger partial charge in [-0.2, -0.15) is 0 Å². The number of benzene rings is 1. The molecule has 0 amide bonds. The van der Waals surface area contributed by atoms with Crippen molar-refractivity contribution >= 4 is 5.69 Å². The van der Waals surface area contributed by atoms with E-state index in [1.165, 1.54) is 12.1 Å². The van der Waals surface area contributed by atoms with Gasteiger partial charge in [0.05, 0.1) is 12.8 Å². The lowest BCUT2D eigenvalue weighted by Gasteiger charge is -2.13. The summed E-state index contributed by atoms with van der Waals surface area (Å²) in [7, 11) is 1.54. The van der Waals surface area contributed by atoms with Crippen LogP contribution in [0.5, 0.6) is 5.75 Å². The number of anilines is 1. The van der Waals surface area contributed by atoms with Crippen molar-refractivity contribution in [3.63, 3.8) is 0 Å². The van der Waals surface area contributed by atoms with E-state index >= 15 is 0 Å². The summed E-state index contributed by atoms with van der Waals surface area (Å²) in [6, 6.07) is 6.12. The third kappa shape index (κ3) is 2.99. The zero-order valence-corrected chi connectivity index (χ0v) is 11.7. The zero-order valence-electron chi connectivity index (χ0n) is 11.7. The van der Waals surface area contributed by atoms with Gasteiger partial charge in [-0.3, -0.25) is 4.79 Å². The Morgan fingerprint density at radius 1 is 1.30 bits per heavy atom. The molecule has 0 aliphatic rings. The molecule has 2 rings (SSSR count). The van der Waals surface area contributed by atoms with Crippen LogP contribution in [0.2, 0.25) is 0 Å². The third-order valence-corrected chi connectivity index (χ3v) is 3.14. The van der Waals surface area contributed by atoms with E-state index in [-0.39, 0.29) is 11.4 Å². The van der Waals surface area contributed by atoms with Crippen molar-refractivity contribution in [3.05, 3.63) is 57.3 Å². The first-order chi connectivity index (χ1) is 9.51. The molecule has 20 heavy (non-hydrogen) atoms. The number of halogens is 1. The molecule has 1 heterocycles. The molecule has 0 atom stereocenters. The van der Waals surface area contributed by atoms with Crippen LogP contribution in [-0.2, 0) is 6.54 Å². The third-order valence-electron chi connectivity index (χ3n) is 3.14. The second-order valence-corrected chi connectivity index (χ2v) is 4.63. The Kier molecular flexibility index (Phi) is 4.08. The van der Waals surface area contributed by atoms with Gasteiger partial charge in [0.15, 0.2) is 0 Å². The highest BCUT2D eigenvalue weighted by Crippen LogP contribution is 2.20. The fraction of sp³-hybridized carbons (Fsp3) is 0.267. The predicted molar refractivity (Wildman–Crippen MR) is 76.8 cm³/mol. The zero-order chi connectivity index (χ0) is 14.7. The SMILES string of the molecule is COc1ccc(F)c(CNc2c(C)cc(=O)[nH]c2C)c1. The number of aryl methyl sites for hydroxylation is 2. The lowest BCUT2D eigenvalue weighted by atomic mass is 10.1. The van der Waals surface area contributed by atoms with Gasteiger partial charge in [0.1, 0.15) is 11.6 Å². The Labute approximate surface area is 116 Å². The lowest BCUT2D eigenvalue weighted by Crippen LogP contribution is -2.12. The summed E-state index contributed by atoms with van der Waals surface area (Å²) in [5, 5.41) is 3.15. The number of ether oxygens (including phenoxy) is 1. The molecule has 0 fully saturated rings. The molecular weight excluding hydrogens is 259 g/mol. The molecular formula is C15H17FN2O2. The molecule has 0 saturated carbocycles. The van der Waals surface area contributed by atoms with Crippen LogP contribution in [0.15, 0.2) is 29.1 Å². The Bertz CT molecular complexity index is 654. The summed E-state index contributed by atoms with van der Waals surface area (Å²) in [5.41, 5.74) is 2.74. The van der Waals surface area contributed by atoms with Gasteiger partial charge in [0.2, 0.25) is 5.56 Å². The number of H-pyrrole nitrogens is 1. The van der Waals surface area contributed by atoms with Gasteiger partial charge in [-0.05, 0) is 37.6 Å². The minimum absolute atomic E-state index is 0.141. The van der Waals surface area contributed by atoms with E-state index in [1.54, 1.807) is 26.2 Å². The molecule has 0 aliphatic heterocycles. The Morgan fingerprint density at radius 2 is 2.05 bits per heavy atom. The van der Waals surface area contributed by atoms with Crippen molar-refractivity contribution in [3.8, 4) is 5.75 Å². The highest BCUT2D eigenvalue weighted by molar-refractivity contribution is 5.54. The molecule has 0 unspecified atom stereocenters. The van der Waals surface area contributed by atoms with Crippen molar-refractivity contribution in [2.45, 2.75) is 20.4 Å². The molecule has 0 spiro atoms. The van der Waals surface area contributed by atoms with Crippen LogP contribution in [0.1, 0.15) is 16.8 Å². The van der Waals surface area contributed by atoms with Gasteiger partial charge < -0.3 is 15.0 Å². The van der Waals surface area contributed by atoms with E-state index in [1.807, 2.05) is 6.92 Å². The molecule has 106 valence electrons. The fourth-order valence-corrected chi connectivity index (χ4v) is 2.12. The van der Waals surface area contributed by atoms with Crippen LogP contribution in [0.3, 0.4) is 0 Å². The minimum Gasteiger partial charge on any atom is -0.497 e. The van der Waals surface area contributed by atoms with Crippen molar-refractivity contribution in [1.29, 1.82) is 0 Å². The van der Waals surface area contributed by atoms with Crippen LogP contribution >= 0.6 is 0 Å². The highest BCUT2D eigenvalue weighted by atomic mass is 19.1. The second-order valence-electron chi connectivity index (χ2n) is 4.63. The van der Waals surface area contributed by atoms with Crippen LogP contribution < -0.4 is 15.6 Å². The summed E-state index contributed by atoms with van der Waals surface area (Å²) in [6.07, 6.45) is 0. The smallest absolute Gasteiger partial charge is 0.248 e. The molecule has 0 radical (unpaired) electrons. The number of aromatic nitrogens is 1. The summed E-state index contributed by atoms with van der Waals surface area (Å²) < 4.78 is 18.8. The first-order valence-electron chi connectivity index (χ1n) is 6.28. The van der Waals surface area contributed by atoms with E-state index in [0.717, 1.165) is 16.9 Å². The van der Waals surface area contributed by atoms with Crippen LogP contribution in [0.4, 0.5) is 10.1 Å². The quantitative estimate of drug-likeness (QED) is 0.902. The monoisotopic (exact) mass is 276 g/mol. The van der Waals surface area contributed by atoms with Crippen molar-refractivity contribution in [1.82, 2.24) is 4.98 Å². The van der Waals surface area contributed by atoms with E-state index < -0.39 is 0 Å².